The van der Waals surface area contributed by atoms with Crippen molar-refractivity contribution in [2.45, 2.75) is 21.6 Å². The van der Waals surface area contributed by atoms with Crippen LogP contribution in [0.1, 0.15) is 17.4 Å². The summed E-state index contributed by atoms with van der Waals surface area (Å²) in [5, 5.41) is 12.3. The van der Waals surface area contributed by atoms with Crippen LogP contribution < -0.4 is 10.2 Å². The van der Waals surface area contributed by atoms with Gasteiger partial charge in [0.1, 0.15) is 11.1 Å². The first-order chi connectivity index (χ1) is 16.1. The van der Waals surface area contributed by atoms with Gasteiger partial charge in [-0.05, 0) is 48.4 Å². The highest BCUT2D eigenvalue weighted by Crippen LogP contribution is 2.47. The molecule has 2 heterocycles. The predicted octanol–water partition coefficient (Wildman–Crippen LogP) is 5.37. The van der Waals surface area contributed by atoms with Gasteiger partial charge in [0.25, 0.3) is 0 Å². The first kappa shape index (κ1) is 21.7. The lowest BCUT2D eigenvalue weighted by molar-refractivity contribution is -0.125. The molecule has 0 bridgehead atoms. The lowest BCUT2D eigenvalue weighted by atomic mass is 10.2. The number of phenols is 1. The molecule has 3 amide bonds. The van der Waals surface area contributed by atoms with E-state index in [0.717, 1.165) is 18.5 Å². The van der Waals surface area contributed by atoms with Crippen LogP contribution in [0.2, 0.25) is 0 Å². The molecule has 2 aliphatic rings. The molecule has 3 aromatic rings. The first-order valence-electron chi connectivity index (χ1n) is 10.8. The average Bonchev–Trinajstić information content (AvgIpc) is 3.22. The Labute approximate surface area is 201 Å². The van der Waals surface area contributed by atoms with E-state index in [1.165, 1.54) is 37.8 Å². The number of hydrogen-bond donors (Lipinski definition) is 2. The van der Waals surface area contributed by atoms with E-state index in [-0.39, 0.29) is 17.4 Å². The van der Waals surface area contributed by atoms with Crippen molar-refractivity contribution in [3.63, 3.8) is 0 Å². The summed E-state index contributed by atoms with van der Waals surface area (Å²) in [6, 6.07) is 23.0. The number of nitrogens with one attached hydrogen (secondary N) is 1. The summed E-state index contributed by atoms with van der Waals surface area (Å²) < 4.78 is 0. The van der Waals surface area contributed by atoms with Gasteiger partial charge in [-0.3, -0.25) is 4.79 Å². The fourth-order valence-electron chi connectivity index (χ4n) is 4.11. The number of aromatic hydroxyl groups is 1. The van der Waals surface area contributed by atoms with Gasteiger partial charge in [0.15, 0.2) is 0 Å². The predicted molar refractivity (Wildman–Crippen MR) is 132 cm³/mol. The Morgan fingerprint density at radius 1 is 1.00 bits per heavy atom. The maximum absolute atomic E-state index is 12.9. The molecule has 6 nitrogen and oxygen atoms in total. The second-order valence-electron chi connectivity index (χ2n) is 7.80. The molecule has 0 aliphatic carbocycles. The number of hydrogen-bond acceptors (Lipinski definition) is 6. The Balaban J connectivity index is 1.24. The fourth-order valence-corrected chi connectivity index (χ4v) is 6.34. The molecule has 3 aromatic carbocycles. The molecule has 0 spiro atoms. The number of thioether (sulfide) groups is 1. The summed E-state index contributed by atoms with van der Waals surface area (Å²) >= 11 is 3.16. The topological polar surface area (TPSA) is 72.9 Å². The van der Waals surface area contributed by atoms with Crippen LogP contribution in [0.4, 0.5) is 16.2 Å². The second kappa shape index (κ2) is 9.41. The Morgan fingerprint density at radius 3 is 2.39 bits per heavy atom. The van der Waals surface area contributed by atoms with E-state index in [4.69, 9.17) is 0 Å². The molecular formula is C25H23N3O3S2. The number of benzene rings is 3. The second-order valence-corrected chi connectivity index (χ2v) is 9.95. The third kappa shape index (κ3) is 4.41. The molecule has 2 N–H and O–H groups in total. The molecule has 0 aromatic heterocycles. The zero-order chi connectivity index (χ0) is 22.8. The summed E-state index contributed by atoms with van der Waals surface area (Å²) in [5.74, 6) is 0.141. The van der Waals surface area contributed by atoms with E-state index in [9.17, 15) is 14.7 Å². The van der Waals surface area contributed by atoms with Gasteiger partial charge in [0.2, 0.25) is 5.91 Å². The number of carbonyl (C=O) groups is 2. The average molecular weight is 478 g/mol. The van der Waals surface area contributed by atoms with Crippen molar-refractivity contribution in [1.29, 1.82) is 0 Å². The normalized spacial score (nSPS) is 17.0. The van der Waals surface area contributed by atoms with Gasteiger partial charge in [0.05, 0.1) is 17.1 Å². The molecule has 8 heteroatoms. The van der Waals surface area contributed by atoms with Crippen LogP contribution in [0, 0.1) is 0 Å². The lowest BCUT2D eigenvalue weighted by Gasteiger charge is -2.32. The van der Waals surface area contributed by atoms with Gasteiger partial charge in [0, 0.05) is 22.9 Å². The molecular weight excluding hydrogens is 454 g/mol. The van der Waals surface area contributed by atoms with Gasteiger partial charge in [-0.1, -0.05) is 48.2 Å². The van der Waals surface area contributed by atoms with Gasteiger partial charge >= 0.3 is 6.03 Å². The number of nitrogens with zero attached hydrogens (tertiary/aromatic N) is 2. The zero-order valence-electron chi connectivity index (χ0n) is 17.8. The number of anilines is 2. The molecule has 0 saturated carbocycles. The number of rotatable bonds is 5. The maximum atomic E-state index is 12.9. The summed E-state index contributed by atoms with van der Waals surface area (Å²) in [7, 11) is 0. The largest absolute Gasteiger partial charge is 0.508 e. The third-order valence-corrected chi connectivity index (χ3v) is 7.95. The summed E-state index contributed by atoms with van der Waals surface area (Å²) in [4.78, 5) is 31.3. The van der Waals surface area contributed by atoms with Crippen molar-refractivity contribution in [2.75, 3.05) is 23.7 Å². The third-order valence-electron chi connectivity index (χ3n) is 5.61. The Kier molecular flexibility index (Phi) is 6.20. The first-order valence-corrected chi connectivity index (χ1v) is 12.6. The number of para-hydroxylation sites is 2. The number of fused-ring (bicyclic) bond motifs is 2. The smallest absolute Gasteiger partial charge is 0.325 e. The van der Waals surface area contributed by atoms with Crippen LogP contribution in [0.3, 0.4) is 0 Å². The number of amides is 3. The van der Waals surface area contributed by atoms with Crippen LogP contribution in [0.15, 0.2) is 82.6 Å². The van der Waals surface area contributed by atoms with Crippen LogP contribution in [0.5, 0.6) is 5.75 Å². The molecule has 5 rings (SSSR count). The Hall–Kier alpha value is -3.10. The van der Waals surface area contributed by atoms with E-state index in [1.54, 1.807) is 30.0 Å². The fraction of sp³-hybridized carbons (Fsp3) is 0.200. The molecule has 0 radical (unpaired) electrons. The molecule has 168 valence electrons. The van der Waals surface area contributed by atoms with Crippen LogP contribution in [-0.4, -0.2) is 40.8 Å². The summed E-state index contributed by atoms with van der Waals surface area (Å²) in [6.45, 7) is 1.20. The number of phenolic OH excluding ortho intramolecular Hbond substituents is 1. The van der Waals surface area contributed by atoms with Crippen molar-refractivity contribution in [3.8, 4) is 5.75 Å². The number of urea groups is 1. The quantitative estimate of drug-likeness (QED) is 0.482. The minimum atomic E-state index is -0.428. The molecule has 1 fully saturated rings. The molecule has 33 heavy (non-hydrogen) atoms. The van der Waals surface area contributed by atoms with Crippen molar-refractivity contribution in [2.24, 2.45) is 0 Å². The maximum Gasteiger partial charge on any atom is 0.325 e. The molecule has 1 unspecified atom stereocenters. The van der Waals surface area contributed by atoms with Crippen molar-refractivity contribution < 1.29 is 14.7 Å². The van der Waals surface area contributed by atoms with Gasteiger partial charge in [-0.2, -0.15) is 0 Å². The van der Waals surface area contributed by atoms with Gasteiger partial charge in [-0.15, -0.1) is 11.8 Å². The number of carbonyl (C=O) groups excluding carboxylic acids is 2. The molecule has 1 saturated heterocycles. The van der Waals surface area contributed by atoms with Crippen molar-refractivity contribution >= 4 is 46.8 Å². The summed E-state index contributed by atoms with van der Waals surface area (Å²) in [6.07, 6.45) is 0.727. The highest BCUT2D eigenvalue weighted by atomic mass is 32.2. The monoisotopic (exact) mass is 477 g/mol. The van der Waals surface area contributed by atoms with Crippen molar-refractivity contribution in [1.82, 2.24) is 10.2 Å². The van der Waals surface area contributed by atoms with Gasteiger partial charge < -0.3 is 15.3 Å². The highest BCUT2D eigenvalue weighted by Gasteiger charge is 2.37. The molecule has 1 atom stereocenters. The highest BCUT2D eigenvalue weighted by molar-refractivity contribution is 8.00. The summed E-state index contributed by atoms with van der Waals surface area (Å²) in [5.41, 5.74) is 3.07. The minimum Gasteiger partial charge on any atom is -0.508 e. The van der Waals surface area contributed by atoms with E-state index in [1.807, 2.05) is 30.3 Å². The van der Waals surface area contributed by atoms with E-state index < -0.39 is 11.4 Å². The van der Waals surface area contributed by atoms with E-state index in [0.29, 0.717) is 6.54 Å². The SMILES string of the molecule is O=C1CSC(c2cccc(O)c2)N1C(=O)NCCCN1c2ccccc2Sc2ccccc21. The zero-order valence-corrected chi connectivity index (χ0v) is 19.4. The van der Waals surface area contributed by atoms with Crippen LogP contribution in [0.25, 0.3) is 0 Å². The molecule has 2 aliphatic heterocycles. The standard InChI is InChI=1S/C25H23N3O3S2/c29-18-8-5-7-17(15-18)24-28(23(30)16-32-24)25(31)26-13-6-14-27-19-9-1-3-11-21(19)33-22-12-4-2-10-20(22)27/h1-5,7-12,15,24,29H,6,13-14,16H2,(H,26,31). The Morgan fingerprint density at radius 2 is 1.70 bits per heavy atom. The van der Waals surface area contributed by atoms with Crippen LogP contribution in [-0.2, 0) is 4.79 Å². The van der Waals surface area contributed by atoms with Crippen LogP contribution >= 0.6 is 23.5 Å². The van der Waals surface area contributed by atoms with Gasteiger partial charge in [-0.25, -0.2) is 9.69 Å². The van der Waals surface area contributed by atoms with Crippen molar-refractivity contribution in [3.05, 3.63) is 78.4 Å². The van der Waals surface area contributed by atoms with E-state index >= 15 is 0 Å². The van der Waals surface area contributed by atoms with E-state index in [2.05, 4.69) is 34.5 Å². The Bertz CT molecular complexity index is 1160. The number of imide groups is 1. The lowest BCUT2D eigenvalue weighted by Crippen LogP contribution is -2.43. The minimum absolute atomic E-state index is 0.119.